The van der Waals surface area contributed by atoms with Gasteiger partial charge < -0.3 is 19.5 Å². The summed E-state index contributed by atoms with van der Waals surface area (Å²) in [5, 5.41) is 19.8. The van der Waals surface area contributed by atoms with Gasteiger partial charge in [0.1, 0.15) is 12.3 Å². The first-order valence-electron chi connectivity index (χ1n) is 6.52. The lowest BCUT2D eigenvalue weighted by molar-refractivity contribution is -0.384. The summed E-state index contributed by atoms with van der Waals surface area (Å²) in [4.78, 5) is 24.2. The number of esters is 1. The molecule has 0 atom stereocenters. The minimum absolute atomic E-state index is 0.0900. The molecule has 1 aliphatic heterocycles. The Morgan fingerprint density at radius 3 is 2.76 bits per heavy atom. The largest absolute Gasteiger partial charge is 0.460 e. The molecule has 0 bridgehead atoms. The first-order chi connectivity index (χ1) is 10.1. The van der Waals surface area contributed by atoms with Gasteiger partial charge >= 0.3 is 5.97 Å². The molecule has 0 unspecified atom stereocenters. The summed E-state index contributed by atoms with van der Waals surface area (Å²) in [6.07, 6.45) is 0. The molecule has 21 heavy (non-hydrogen) atoms. The van der Waals surface area contributed by atoms with Crippen molar-refractivity contribution in [2.24, 2.45) is 0 Å². The van der Waals surface area contributed by atoms with Crippen molar-refractivity contribution in [2.45, 2.75) is 0 Å². The average Bonchev–Trinajstić information content (AvgIpc) is 2.52. The highest BCUT2D eigenvalue weighted by molar-refractivity contribution is 5.91. The number of hydrogen-bond acceptors (Lipinski definition) is 7. The number of hydrogen-bond donors (Lipinski definition) is 1. The molecule has 0 spiro atoms. The lowest BCUT2D eigenvalue weighted by Crippen LogP contribution is -2.36. The predicted octanol–water partition coefficient (Wildman–Crippen LogP) is 0.581. The standard InChI is InChI=1S/C13H16N2O6/c16-5-8-21-13(17)10-1-2-11(12(9-10)15(18)19)14-3-6-20-7-4-14/h1-2,9,16H,3-8H2. The van der Waals surface area contributed by atoms with Gasteiger partial charge in [0.25, 0.3) is 5.69 Å². The summed E-state index contributed by atoms with van der Waals surface area (Å²) >= 11 is 0. The smallest absolute Gasteiger partial charge is 0.338 e. The van der Waals surface area contributed by atoms with Gasteiger partial charge in [-0.05, 0) is 12.1 Å². The van der Waals surface area contributed by atoms with Crippen LogP contribution in [0.15, 0.2) is 18.2 Å². The molecule has 8 heteroatoms. The van der Waals surface area contributed by atoms with E-state index in [0.717, 1.165) is 0 Å². The Hall–Kier alpha value is -2.19. The van der Waals surface area contributed by atoms with Gasteiger partial charge in [-0.15, -0.1) is 0 Å². The summed E-state index contributed by atoms with van der Waals surface area (Å²) in [6, 6.07) is 4.22. The Kier molecular flexibility index (Phi) is 5.07. The molecular weight excluding hydrogens is 280 g/mol. The zero-order chi connectivity index (χ0) is 15.2. The van der Waals surface area contributed by atoms with Crippen LogP contribution in [0.1, 0.15) is 10.4 Å². The number of rotatable bonds is 5. The molecule has 1 fully saturated rings. The van der Waals surface area contributed by atoms with Crippen LogP contribution in [-0.4, -0.2) is 55.5 Å². The Balaban J connectivity index is 2.26. The van der Waals surface area contributed by atoms with Gasteiger partial charge in [0.15, 0.2) is 0 Å². The first kappa shape index (κ1) is 15.2. The molecule has 8 nitrogen and oxygen atoms in total. The monoisotopic (exact) mass is 296 g/mol. The van der Waals surface area contributed by atoms with Gasteiger partial charge in [0.2, 0.25) is 0 Å². The highest BCUT2D eigenvalue weighted by Gasteiger charge is 2.23. The van der Waals surface area contributed by atoms with Gasteiger partial charge in [-0.2, -0.15) is 0 Å². The molecule has 2 rings (SSSR count). The predicted molar refractivity (Wildman–Crippen MR) is 73.5 cm³/mol. The lowest BCUT2D eigenvalue weighted by Gasteiger charge is -2.28. The third kappa shape index (κ3) is 3.67. The van der Waals surface area contributed by atoms with E-state index in [-0.39, 0.29) is 24.5 Å². The van der Waals surface area contributed by atoms with E-state index in [9.17, 15) is 14.9 Å². The topological polar surface area (TPSA) is 102 Å². The van der Waals surface area contributed by atoms with Gasteiger partial charge in [0.05, 0.1) is 30.3 Å². The van der Waals surface area contributed by atoms with E-state index in [1.165, 1.54) is 12.1 Å². The van der Waals surface area contributed by atoms with Crippen LogP contribution in [0.4, 0.5) is 11.4 Å². The van der Waals surface area contributed by atoms with Crippen LogP contribution in [-0.2, 0) is 9.47 Å². The van der Waals surface area contributed by atoms with Crippen LogP contribution in [0.25, 0.3) is 0 Å². The second-order valence-corrected chi connectivity index (χ2v) is 4.42. The van der Waals surface area contributed by atoms with Crippen molar-refractivity contribution >= 4 is 17.3 Å². The molecule has 0 amide bonds. The number of carbonyl (C=O) groups excluding carboxylic acids is 1. The fourth-order valence-corrected chi connectivity index (χ4v) is 2.09. The van der Waals surface area contributed by atoms with Crippen molar-refractivity contribution in [2.75, 3.05) is 44.4 Å². The van der Waals surface area contributed by atoms with Crippen LogP contribution in [0.2, 0.25) is 0 Å². The molecule has 114 valence electrons. The maximum Gasteiger partial charge on any atom is 0.338 e. The van der Waals surface area contributed by atoms with Gasteiger partial charge in [-0.1, -0.05) is 0 Å². The molecule has 0 aromatic heterocycles. The maximum atomic E-state index is 11.7. The third-order valence-corrected chi connectivity index (χ3v) is 3.08. The van der Waals surface area contributed by atoms with E-state index in [1.807, 2.05) is 4.90 Å². The molecule has 1 saturated heterocycles. The van der Waals surface area contributed by atoms with E-state index >= 15 is 0 Å². The quantitative estimate of drug-likeness (QED) is 0.481. The zero-order valence-electron chi connectivity index (χ0n) is 11.4. The van der Waals surface area contributed by atoms with Gasteiger partial charge in [-0.3, -0.25) is 10.1 Å². The van der Waals surface area contributed by atoms with E-state index in [2.05, 4.69) is 0 Å². The van der Waals surface area contributed by atoms with Crippen LogP contribution in [0.3, 0.4) is 0 Å². The molecule has 1 aromatic rings. The highest BCUT2D eigenvalue weighted by atomic mass is 16.6. The molecular formula is C13H16N2O6. The molecule has 1 aliphatic rings. The highest BCUT2D eigenvalue weighted by Crippen LogP contribution is 2.30. The van der Waals surface area contributed by atoms with Crippen molar-refractivity contribution in [3.8, 4) is 0 Å². The van der Waals surface area contributed by atoms with Gasteiger partial charge in [-0.25, -0.2) is 4.79 Å². The van der Waals surface area contributed by atoms with Crippen molar-refractivity contribution in [3.63, 3.8) is 0 Å². The summed E-state index contributed by atoms with van der Waals surface area (Å²) in [6.45, 7) is 1.72. The van der Waals surface area contributed by atoms with Crippen LogP contribution in [0.5, 0.6) is 0 Å². The van der Waals surface area contributed by atoms with E-state index < -0.39 is 10.9 Å². The average molecular weight is 296 g/mol. The number of carbonyl (C=O) groups is 1. The maximum absolute atomic E-state index is 11.7. The van der Waals surface area contributed by atoms with Crippen molar-refractivity contribution in [1.29, 1.82) is 0 Å². The molecule has 0 aliphatic carbocycles. The lowest BCUT2D eigenvalue weighted by atomic mass is 10.1. The number of ether oxygens (including phenoxy) is 2. The van der Waals surface area contributed by atoms with Crippen LogP contribution >= 0.6 is 0 Å². The second-order valence-electron chi connectivity index (χ2n) is 4.42. The fourth-order valence-electron chi connectivity index (χ4n) is 2.09. The van der Waals surface area contributed by atoms with E-state index in [4.69, 9.17) is 14.6 Å². The summed E-state index contributed by atoms with van der Waals surface area (Å²) in [7, 11) is 0. The molecule has 0 radical (unpaired) electrons. The first-order valence-corrected chi connectivity index (χ1v) is 6.52. The summed E-state index contributed by atoms with van der Waals surface area (Å²) in [5.74, 6) is -0.694. The van der Waals surface area contributed by atoms with Crippen LogP contribution < -0.4 is 4.90 Å². The Labute approximate surface area is 121 Å². The van der Waals surface area contributed by atoms with E-state index in [1.54, 1.807) is 6.07 Å². The molecule has 1 aromatic carbocycles. The Bertz CT molecular complexity index is 527. The summed E-state index contributed by atoms with van der Waals surface area (Å²) in [5.41, 5.74) is 0.407. The number of nitro benzene ring substituents is 1. The molecule has 0 saturated carbocycles. The minimum atomic E-state index is -0.694. The second kappa shape index (κ2) is 7.00. The number of anilines is 1. The number of aliphatic hydroxyl groups excluding tert-OH is 1. The molecule has 1 heterocycles. The van der Waals surface area contributed by atoms with Crippen molar-refractivity contribution in [3.05, 3.63) is 33.9 Å². The number of benzene rings is 1. The third-order valence-electron chi connectivity index (χ3n) is 3.08. The minimum Gasteiger partial charge on any atom is -0.460 e. The fraction of sp³-hybridized carbons (Fsp3) is 0.462. The Morgan fingerprint density at radius 1 is 1.43 bits per heavy atom. The van der Waals surface area contributed by atoms with Gasteiger partial charge in [0, 0.05) is 19.2 Å². The number of aliphatic hydroxyl groups is 1. The van der Waals surface area contributed by atoms with Crippen LogP contribution in [0, 0.1) is 10.1 Å². The van der Waals surface area contributed by atoms with Crippen molar-refractivity contribution in [1.82, 2.24) is 0 Å². The Morgan fingerprint density at radius 2 is 2.14 bits per heavy atom. The van der Waals surface area contributed by atoms with Crippen molar-refractivity contribution < 1.29 is 24.3 Å². The SMILES string of the molecule is O=C(OCCO)c1ccc(N2CCOCC2)c([N+](=O)[O-])c1. The normalized spacial score (nSPS) is 14.8. The van der Waals surface area contributed by atoms with E-state index in [0.29, 0.717) is 32.0 Å². The number of morpholine rings is 1. The summed E-state index contributed by atoms with van der Waals surface area (Å²) < 4.78 is 9.97. The molecule has 1 N–H and O–H groups in total. The number of nitrogens with zero attached hydrogens (tertiary/aromatic N) is 2. The number of nitro groups is 1. The zero-order valence-corrected chi connectivity index (χ0v) is 11.4.